The molecule has 0 aromatic heterocycles. The second-order valence-corrected chi connectivity index (χ2v) is 10.5. The van der Waals surface area contributed by atoms with Gasteiger partial charge in [0.05, 0.1) is 0 Å². The molecule has 2 heteroatoms. The minimum atomic E-state index is -0.542. The Morgan fingerprint density at radius 1 is 1.11 bits per heavy atom. The van der Waals surface area contributed by atoms with Crippen LogP contribution in [0.4, 0.5) is 0 Å². The molecule has 0 spiro atoms. The summed E-state index contributed by atoms with van der Waals surface area (Å²) >= 11 is 4.27. The predicted octanol–water partition coefficient (Wildman–Crippen LogP) is 4.96. The van der Waals surface area contributed by atoms with E-state index in [4.69, 9.17) is 0 Å². The summed E-state index contributed by atoms with van der Waals surface area (Å²) in [6, 6.07) is 0. The van der Waals surface area contributed by atoms with Gasteiger partial charge in [0.25, 0.3) is 0 Å². The normalized spacial score (nSPS) is 16.1. The second-order valence-electron chi connectivity index (χ2n) is 5.91. The first-order valence-electron chi connectivity index (χ1n) is 6.81. The third-order valence-electron chi connectivity index (χ3n) is 3.18. The van der Waals surface area contributed by atoms with E-state index in [9.17, 15) is 0 Å². The van der Waals surface area contributed by atoms with Gasteiger partial charge in [-0.15, -0.1) is 0 Å². The van der Waals surface area contributed by atoms with E-state index in [-0.39, 0.29) is 0 Å². The first-order valence-corrected chi connectivity index (χ1v) is 10.4. The fraction of sp³-hybridized carbons (Fsp3) is 0.750. The standard InChI is InChI=1S/C16H30S2/c1-15(16(2)12-10-13-17)11-8-6-7-9-14-18(3,4)5/h9,14-17H,8,10-13H2,1-5H3. The Hall–Kier alpha value is -0.000000000000000111. The van der Waals surface area contributed by atoms with E-state index in [0.29, 0.717) is 0 Å². The van der Waals surface area contributed by atoms with Crippen LogP contribution >= 0.6 is 22.7 Å². The first kappa shape index (κ1) is 18.0. The summed E-state index contributed by atoms with van der Waals surface area (Å²) in [5, 5.41) is 2.25. The van der Waals surface area contributed by atoms with E-state index in [1.165, 1.54) is 19.3 Å². The Labute approximate surface area is 122 Å². The molecule has 0 fully saturated rings. The van der Waals surface area contributed by atoms with E-state index >= 15 is 0 Å². The average Bonchev–Trinajstić information content (AvgIpc) is 2.28. The van der Waals surface area contributed by atoms with Crippen molar-refractivity contribution in [2.75, 3.05) is 24.5 Å². The van der Waals surface area contributed by atoms with Gasteiger partial charge >= 0.3 is 0 Å². The van der Waals surface area contributed by atoms with Gasteiger partial charge < -0.3 is 0 Å². The fourth-order valence-corrected chi connectivity index (χ4v) is 2.31. The van der Waals surface area contributed by atoms with Crippen LogP contribution in [-0.4, -0.2) is 24.5 Å². The molecule has 0 aromatic rings. The van der Waals surface area contributed by atoms with Crippen LogP contribution in [0.2, 0.25) is 0 Å². The van der Waals surface area contributed by atoms with Crippen molar-refractivity contribution in [2.45, 2.75) is 39.5 Å². The number of rotatable bonds is 7. The molecule has 0 saturated heterocycles. The Morgan fingerprint density at radius 2 is 1.72 bits per heavy atom. The fourth-order valence-electron chi connectivity index (χ4n) is 1.65. The monoisotopic (exact) mass is 286 g/mol. The molecule has 2 unspecified atom stereocenters. The van der Waals surface area contributed by atoms with Gasteiger partial charge in [-0.2, -0.15) is 12.6 Å². The summed E-state index contributed by atoms with van der Waals surface area (Å²) in [6.07, 6.45) is 13.6. The van der Waals surface area contributed by atoms with E-state index in [0.717, 1.165) is 24.0 Å². The lowest BCUT2D eigenvalue weighted by Gasteiger charge is -2.18. The zero-order valence-corrected chi connectivity index (χ0v) is 14.4. The predicted molar refractivity (Wildman–Crippen MR) is 92.9 cm³/mol. The molecule has 0 saturated carbocycles. The number of allylic oxidation sites excluding steroid dienone is 1. The minimum absolute atomic E-state index is 0.542. The van der Waals surface area contributed by atoms with Crippen molar-refractivity contribution in [1.29, 1.82) is 0 Å². The summed E-state index contributed by atoms with van der Waals surface area (Å²) in [7, 11) is -0.542. The van der Waals surface area contributed by atoms with Gasteiger partial charge in [0, 0.05) is 6.42 Å². The molecule has 0 N–H and O–H groups in total. The molecule has 18 heavy (non-hydrogen) atoms. The highest BCUT2D eigenvalue weighted by atomic mass is 32.3. The van der Waals surface area contributed by atoms with Crippen LogP contribution in [-0.2, 0) is 0 Å². The number of thiol groups is 1. The highest BCUT2D eigenvalue weighted by Crippen LogP contribution is 2.35. The lowest BCUT2D eigenvalue weighted by molar-refractivity contribution is 0.346. The van der Waals surface area contributed by atoms with E-state index in [1.807, 2.05) is 6.08 Å². The topological polar surface area (TPSA) is 0 Å². The Balaban J connectivity index is 3.84. The summed E-state index contributed by atoms with van der Waals surface area (Å²) < 4.78 is 0. The quantitative estimate of drug-likeness (QED) is 0.496. The van der Waals surface area contributed by atoms with Gasteiger partial charge in [0.2, 0.25) is 0 Å². The molecule has 0 aliphatic carbocycles. The van der Waals surface area contributed by atoms with Crippen molar-refractivity contribution >= 4 is 22.7 Å². The van der Waals surface area contributed by atoms with E-state index in [2.05, 4.69) is 62.5 Å². The lowest BCUT2D eigenvalue weighted by atomic mass is 9.88. The van der Waals surface area contributed by atoms with Crippen LogP contribution in [0.25, 0.3) is 0 Å². The lowest BCUT2D eigenvalue weighted by Crippen LogP contribution is -2.07. The molecule has 0 heterocycles. The van der Waals surface area contributed by atoms with Gasteiger partial charge in [-0.25, -0.2) is 10.0 Å². The van der Waals surface area contributed by atoms with Crippen LogP contribution in [0.15, 0.2) is 11.5 Å². The Bertz CT molecular complexity index is 288. The zero-order chi connectivity index (χ0) is 14.0. The zero-order valence-electron chi connectivity index (χ0n) is 12.7. The van der Waals surface area contributed by atoms with E-state index in [1.54, 1.807) is 0 Å². The number of hydrogen-bond donors (Lipinski definition) is 1. The van der Waals surface area contributed by atoms with Crippen LogP contribution in [0, 0.1) is 23.7 Å². The smallest absolute Gasteiger partial charge is 0.00948 e. The van der Waals surface area contributed by atoms with Crippen molar-refractivity contribution in [3.8, 4) is 11.8 Å². The summed E-state index contributed by atoms with van der Waals surface area (Å²) in [5.74, 6) is 9.00. The minimum Gasteiger partial charge on any atom is -0.229 e. The van der Waals surface area contributed by atoms with Crippen LogP contribution in [0.3, 0.4) is 0 Å². The maximum Gasteiger partial charge on any atom is 0.00948 e. The summed E-state index contributed by atoms with van der Waals surface area (Å²) in [6.45, 7) is 4.70. The second kappa shape index (κ2) is 9.87. The van der Waals surface area contributed by atoms with Crippen molar-refractivity contribution < 1.29 is 0 Å². The Kier molecular flexibility index (Phi) is 9.87. The molecule has 0 radical (unpaired) electrons. The highest BCUT2D eigenvalue weighted by molar-refractivity contribution is 8.34. The summed E-state index contributed by atoms with van der Waals surface area (Å²) in [4.78, 5) is 0. The van der Waals surface area contributed by atoms with Crippen LogP contribution in [0.5, 0.6) is 0 Å². The maximum atomic E-state index is 4.27. The van der Waals surface area contributed by atoms with Gasteiger partial charge in [0.1, 0.15) is 0 Å². The molecule has 0 aromatic carbocycles. The molecule has 0 amide bonds. The third kappa shape index (κ3) is 11.1. The average molecular weight is 287 g/mol. The number of hydrogen-bond acceptors (Lipinski definition) is 1. The SMILES string of the molecule is CC(CCC#CC=CS(C)(C)C)C(C)CCCS. The highest BCUT2D eigenvalue weighted by Gasteiger charge is 2.10. The molecular weight excluding hydrogens is 256 g/mol. The molecule has 106 valence electrons. The van der Waals surface area contributed by atoms with Gasteiger partial charge in [-0.05, 0) is 67.1 Å². The summed E-state index contributed by atoms with van der Waals surface area (Å²) in [5.41, 5.74) is 0. The van der Waals surface area contributed by atoms with Crippen molar-refractivity contribution in [3.05, 3.63) is 11.5 Å². The first-order chi connectivity index (χ1) is 8.37. The van der Waals surface area contributed by atoms with Gasteiger partial charge in [-0.3, -0.25) is 0 Å². The van der Waals surface area contributed by atoms with Crippen molar-refractivity contribution in [2.24, 2.45) is 11.8 Å². The Morgan fingerprint density at radius 3 is 2.28 bits per heavy atom. The van der Waals surface area contributed by atoms with Crippen LogP contribution in [0.1, 0.15) is 39.5 Å². The van der Waals surface area contributed by atoms with E-state index < -0.39 is 10.0 Å². The van der Waals surface area contributed by atoms with Gasteiger partial charge in [0.15, 0.2) is 0 Å². The van der Waals surface area contributed by atoms with Crippen LogP contribution < -0.4 is 0 Å². The van der Waals surface area contributed by atoms with Gasteiger partial charge in [-0.1, -0.05) is 25.7 Å². The van der Waals surface area contributed by atoms with Crippen molar-refractivity contribution in [1.82, 2.24) is 0 Å². The molecule has 2 atom stereocenters. The van der Waals surface area contributed by atoms with Crippen molar-refractivity contribution in [3.63, 3.8) is 0 Å². The molecule has 0 rings (SSSR count). The third-order valence-corrected chi connectivity index (χ3v) is 4.44. The molecular formula is C16H30S2. The largest absolute Gasteiger partial charge is 0.229 e. The molecule has 0 aliphatic rings. The maximum absolute atomic E-state index is 4.27. The molecule has 0 bridgehead atoms. The molecule has 0 aliphatic heterocycles. The molecule has 0 nitrogen and oxygen atoms in total.